The van der Waals surface area contributed by atoms with Crippen LogP contribution in [0.25, 0.3) is 88.0 Å². The molecule has 1 unspecified atom stereocenters. The van der Waals surface area contributed by atoms with Gasteiger partial charge in [-0.3, -0.25) is 0 Å². The van der Waals surface area contributed by atoms with Crippen LogP contribution in [0.5, 0.6) is 0 Å². The zero-order chi connectivity index (χ0) is 45.9. The zero-order valence-electron chi connectivity index (χ0n) is 38.4. The van der Waals surface area contributed by atoms with Crippen molar-refractivity contribution in [2.45, 2.75) is 12.3 Å². The summed E-state index contributed by atoms with van der Waals surface area (Å²) in [5.74, 6) is 0. The Labute approximate surface area is 403 Å². The van der Waals surface area contributed by atoms with E-state index in [0.717, 1.165) is 22.6 Å². The molecule has 1 aliphatic rings. The SMILES string of the molecule is CC1(c2ccccc2)c2ccccc2-c2cccc(N(c3cccc(-c4ccc5ccccc5c4)c3)c3cccc(-c4ccc5c(c4)c(-c4ccccc4)c(-c4ccccc4)c4ccccc45)c3)c21. The molecule has 0 amide bonds. The van der Waals surface area contributed by atoms with Gasteiger partial charge >= 0.3 is 0 Å². The van der Waals surface area contributed by atoms with Gasteiger partial charge in [0.1, 0.15) is 0 Å². The van der Waals surface area contributed by atoms with Crippen LogP contribution >= 0.6 is 0 Å². The van der Waals surface area contributed by atoms with Crippen molar-refractivity contribution >= 4 is 49.4 Å². The van der Waals surface area contributed by atoms with Crippen LogP contribution in [0.2, 0.25) is 0 Å². The van der Waals surface area contributed by atoms with Gasteiger partial charge in [-0.05, 0) is 154 Å². The van der Waals surface area contributed by atoms with Crippen LogP contribution in [0.15, 0.2) is 267 Å². The van der Waals surface area contributed by atoms with E-state index in [1.807, 2.05) is 0 Å². The second-order valence-corrected chi connectivity index (χ2v) is 18.5. The Morgan fingerprint density at radius 3 is 1.51 bits per heavy atom. The maximum Gasteiger partial charge on any atom is 0.0512 e. The second kappa shape index (κ2) is 16.5. The Balaban J connectivity index is 1.04. The van der Waals surface area contributed by atoms with E-state index < -0.39 is 5.41 Å². The summed E-state index contributed by atoms with van der Waals surface area (Å²) in [6.07, 6.45) is 0. The van der Waals surface area contributed by atoms with Gasteiger partial charge in [0.05, 0.1) is 5.69 Å². The fraction of sp³-hybridized carbons (Fsp3) is 0.0294. The molecular formula is C68H47N. The van der Waals surface area contributed by atoms with E-state index in [9.17, 15) is 0 Å². The van der Waals surface area contributed by atoms with Crippen molar-refractivity contribution in [3.8, 4) is 55.6 Å². The molecule has 1 nitrogen and oxygen atoms in total. The molecule has 0 radical (unpaired) electrons. The molecule has 12 aromatic carbocycles. The molecular weight excluding hydrogens is 831 g/mol. The standard InChI is InChI=1S/C68H47N/c1-68(54-28-9-4-10-29-54)63-36-16-15-33-59(63)61-35-19-37-64(67(61)68)69(55-30-17-26-50(43-55)52-39-38-46-20-11-12-25-49(46)42-52)56-31-18-27-51(44-56)53-40-41-58-57-32-13-14-34-60(57)65(47-21-5-2-6-22-47)66(62(58)45-53)48-23-7-3-8-24-48/h2-45H,1H3. The summed E-state index contributed by atoms with van der Waals surface area (Å²) in [6.45, 7) is 2.42. The molecule has 1 aliphatic carbocycles. The third-order valence-corrected chi connectivity index (χ3v) is 14.7. The summed E-state index contributed by atoms with van der Waals surface area (Å²) in [4.78, 5) is 2.51. The monoisotopic (exact) mass is 877 g/mol. The highest BCUT2D eigenvalue weighted by atomic mass is 15.1. The van der Waals surface area contributed by atoms with E-state index in [4.69, 9.17) is 0 Å². The highest BCUT2D eigenvalue weighted by Gasteiger charge is 2.43. The highest BCUT2D eigenvalue weighted by molar-refractivity contribution is 6.22. The van der Waals surface area contributed by atoms with Gasteiger partial charge in [0.15, 0.2) is 0 Å². The van der Waals surface area contributed by atoms with Crippen molar-refractivity contribution in [3.05, 3.63) is 284 Å². The van der Waals surface area contributed by atoms with Crippen LogP contribution in [-0.2, 0) is 5.41 Å². The summed E-state index contributed by atoms with van der Waals surface area (Å²) >= 11 is 0. The van der Waals surface area contributed by atoms with Crippen LogP contribution in [0, 0.1) is 0 Å². The fourth-order valence-electron chi connectivity index (χ4n) is 11.5. The molecule has 0 aliphatic heterocycles. The van der Waals surface area contributed by atoms with Gasteiger partial charge in [0.2, 0.25) is 0 Å². The van der Waals surface area contributed by atoms with Crippen LogP contribution < -0.4 is 4.90 Å². The summed E-state index contributed by atoms with van der Waals surface area (Å²) < 4.78 is 0. The van der Waals surface area contributed by atoms with E-state index in [2.05, 4.69) is 279 Å². The second-order valence-electron chi connectivity index (χ2n) is 18.5. The molecule has 13 rings (SSSR count). The first kappa shape index (κ1) is 40.5. The Bertz CT molecular complexity index is 3910. The first-order chi connectivity index (χ1) is 34.1. The molecule has 0 heterocycles. The number of hydrogen-bond acceptors (Lipinski definition) is 1. The van der Waals surface area contributed by atoms with E-state index in [-0.39, 0.29) is 0 Å². The predicted octanol–water partition coefficient (Wildman–Crippen LogP) is 18.6. The van der Waals surface area contributed by atoms with E-state index >= 15 is 0 Å². The highest BCUT2D eigenvalue weighted by Crippen LogP contribution is 2.57. The first-order valence-corrected chi connectivity index (χ1v) is 24.0. The van der Waals surface area contributed by atoms with Crippen LogP contribution in [0.4, 0.5) is 17.1 Å². The molecule has 69 heavy (non-hydrogen) atoms. The van der Waals surface area contributed by atoms with Crippen molar-refractivity contribution in [3.63, 3.8) is 0 Å². The fourth-order valence-corrected chi connectivity index (χ4v) is 11.5. The van der Waals surface area contributed by atoms with E-state index in [1.54, 1.807) is 0 Å². The molecule has 0 bridgehead atoms. The number of anilines is 3. The summed E-state index contributed by atoms with van der Waals surface area (Å²) in [6, 6.07) is 98.5. The topological polar surface area (TPSA) is 3.24 Å². The normalized spacial score (nSPS) is 13.9. The number of hydrogen-bond donors (Lipinski definition) is 0. The number of nitrogens with zero attached hydrogens (tertiary/aromatic N) is 1. The van der Waals surface area contributed by atoms with Crippen molar-refractivity contribution < 1.29 is 0 Å². The summed E-state index contributed by atoms with van der Waals surface area (Å²) in [5, 5.41) is 7.46. The minimum atomic E-state index is -0.416. The lowest BCUT2D eigenvalue weighted by atomic mass is 9.73. The smallest absolute Gasteiger partial charge is 0.0512 e. The molecule has 1 heteroatoms. The summed E-state index contributed by atoms with van der Waals surface area (Å²) in [5.41, 5.74) is 19.0. The predicted molar refractivity (Wildman–Crippen MR) is 293 cm³/mol. The first-order valence-electron chi connectivity index (χ1n) is 24.0. The van der Waals surface area contributed by atoms with E-state index in [1.165, 1.54) is 99.1 Å². The minimum Gasteiger partial charge on any atom is -0.310 e. The average Bonchev–Trinajstić information content (AvgIpc) is 3.70. The Morgan fingerprint density at radius 1 is 0.304 bits per heavy atom. The van der Waals surface area contributed by atoms with Crippen molar-refractivity contribution in [1.29, 1.82) is 0 Å². The molecule has 324 valence electrons. The van der Waals surface area contributed by atoms with Gasteiger partial charge < -0.3 is 4.90 Å². The largest absolute Gasteiger partial charge is 0.310 e. The maximum absolute atomic E-state index is 2.51. The minimum absolute atomic E-state index is 0.416. The molecule has 12 aromatic rings. The Kier molecular flexibility index (Phi) is 9.70. The zero-order valence-corrected chi connectivity index (χ0v) is 38.4. The lowest BCUT2D eigenvalue weighted by Crippen LogP contribution is -2.25. The molecule has 0 saturated carbocycles. The molecule has 1 atom stereocenters. The third-order valence-electron chi connectivity index (χ3n) is 14.7. The van der Waals surface area contributed by atoms with Crippen molar-refractivity contribution in [2.75, 3.05) is 4.90 Å². The molecule has 0 fully saturated rings. The van der Waals surface area contributed by atoms with Crippen molar-refractivity contribution in [2.24, 2.45) is 0 Å². The lowest BCUT2D eigenvalue weighted by Gasteiger charge is -2.35. The molecule has 0 N–H and O–H groups in total. The third kappa shape index (κ3) is 6.69. The van der Waals surface area contributed by atoms with Gasteiger partial charge in [0.25, 0.3) is 0 Å². The Hall–Kier alpha value is -8.78. The van der Waals surface area contributed by atoms with E-state index in [0.29, 0.717) is 0 Å². The van der Waals surface area contributed by atoms with Crippen LogP contribution in [0.3, 0.4) is 0 Å². The van der Waals surface area contributed by atoms with Gasteiger partial charge in [-0.25, -0.2) is 0 Å². The molecule has 0 saturated heterocycles. The maximum atomic E-state index is 2.51. The van der Waals surface area contributed by atoms with Crippen molar-refractivity contribution in [1.82, 2.24) is 0 Å². The summed E-state index contributed by atoms with van der Waals surface area (Å²) in [7, 11) is 0. The van der Waals surface area contributed by atoms with Crippen LogP contribution in [-0.4, -0.2) is 0 Å². The number of rotatable bonds is 8. The number of fused-ring (bicyclic) bond motifs is 7. The average molecular weight is 878 g/mol. The Morgan fingerprint density at radius 2 is 0.797 bits per heavy atom. The van der Waals surface area contributed by atoms with Crippen LogP contribution in [0.1, 0.15) is 23.6 Å². The molecule has 0 spiro atoms. The molecule has 0 aromatic heterocycles. The van der Waals surface area contributed by atoms with Gasteiger partial charge in [-0.15, -0.1) is 0 Å². The van der Waals surface area contributed by atoms with Gasteiger partial charge in [-0.1, -0.05) is 224 Å². The quantitative estimate of drug-likeness (QED) is 0.138. The van der Waals surface area contributed by atoms with Gasteiger partial charge in [0, 0.05) is 16.8 Å². The van der Waals surface area contributed by atoms with Gasteiger partial charge in [-0.2, -0.15) is 0 Å². The number of benzene rings is 12. The lowest BCUT2D eigenvalue weighted by molar-refractivity contribution is 0.714.